The molecule has 8 heteroatoms. The molecule has 2 aliphatic heterocycles. The molecule has 1 saturated heterocycles. The fraction of sp³-hybridized carbons (Fsp3) is 0.391. The van der Waals surface area contributed by atoms with Gasteiger partial charge in [0.05, 0.1) is 42.6 Å². The SMILES string of the molecule is COCCN(Cc1ccccn1)C(=O)c1ccc2c(c1)C(=O)N(CC1CCCO1)C2=O. The fourth-order valence-electron chi connectivity index (χ4n) is 3.91. The van der Waals surface area contributed by atoms with Crippen LogP contribution in [0, 0.1) is 0 Å². The molecule has 0 spiro atoms. The second kappa shape index (κ2) is 9.36. The Hall–Kier alpha value is -3.10. The molecular weight excluding hydrogens is 398 g/mol. The highest BCUT2D eigenvalue weighted by Gasteiger charge is 2.38. The number of hydrogen-bond acceptors (Lipinski definition) is 6. The second-order valence-corrected chi connectivity index (χ2v) is 7.66. The molecule has 0 bridgehead atoms. The summed E-state index contributed by atoms with van der Waals surface area (Å²) < 4.78 is 10.7. The lowest BCUT2D eigenvalue weighted by atomic mass is 10.0. The van der Waals surface area contributed by atoms with Crippen LogP contribution in [0.3, 0.4) is 0 Å². The Labute approximate surface area is 180 Å². The maximum atomic E-state index is 13.2. The molecule has 2 aliphatic rings. The van der Waals surface area contributed by atoms with Gasteiger partial charge in [-0.3, -0.25) is 24.3 Å². The Bertz CT molecular complexity index is 972. The van der Waals surface area contributed by atoms with Gasteiger partial charge < -0.3 is 14.4 Å². The van der Waals surface area contributed by atoms with Gasteiger partial charge >= 0.3 is 0 Å². The van der Waals surface area contributed by atoms with Crippen LogP contribution >= 0.6 is 0 Å². The van der Waals surface area contributed by atoms with Gasteiger partial charge in [-0.15, -0.1) is 0 Å². The van der Waals surface area contributed by atoms with E-state index in [1.807, 2.05) is 18.2 Å². The van der Waals surface area contributed by atoms with Crippen molar-refractivity contribution in [2.45, 2.75) is 25.5 Å². The van der Waals surface area contributed by atoms with E-state index in [9.17, 15) is 14.4 Å². The number of benzene rings is 1. The average Bonchev–Trinajstić information content (AvgIpc) is 3.39. The number of aromatic nitrogens is 1. The van der Waals surface area contributed by atoms with Crippen molar-refractivity contribution in [1.82, 2.24) is 14.8 Å². The summed E-state index contributed by atoms with van der Waals surface area (Å²) in [4.78, 5) is 46.0. The summed E-state index contributed by atoms with van der Waals surface area (Å²) in [5.41, 5.74) is 1.69. The van der Waals surface area contributed by atoms with Crippen molar-refractivity contribution >= 4 is 17.7 Å². The number of carbonyl (C=O) groups excluding carboxylic acids is 3. The Morgan fingerprint density at radius 1 is 1.23 bits per heavy atom. The average molecular weight is 423 g/mol. The third-order valence-corrected chi connectivity index (χ3v) is 5.56. The summed E-state index contributed by atoms with van der Waals surface area (Å²) in [6.07, 6.45) is 3.32. The molecule has 1 atom stereocenters. The molecule has 31 heavy (non-hydrogen) atoms. The zero-order chi connectivity index (χ0) is 21.8. The molecular formula is C23H25N3O5. The molecule has 1 aromatic heterocycles. The van der Waals surface area contributed by atoms with Gasteiger partial charge in [0, 0.05) is 32.0 Å². The van der Waals surface area contributed by atoms with Crippen LogP contribution in [-0.4, -0.2) is 72.0 Å². The van der Waals surface area contributed by atoms with E-state index in [1.165, 1.54) is 11.0 Å². The van der Waals surface area contributed by atoms with E-state index >= 15 is 0 Å². The summed E-state index contributed by atoms with van der Waals surface area (Å²) >= 11 is 0. The zero-order valence-electron chi connectivity index (χ0n) is 17.5. The number of rotatable bonds is 8. The van der Waals surface area contributed by atoms with Gasteiger partial charge in [0.1, 0.15) is 0 Å². The van der Waals surface area contributed by atoms with E-state index in [-0.39, 0.29) is 35.9 Å². The number of ether oxygens (including phenoxy) is 2. The van der Waals surface area contributed by atoms with Crippen LogP contribution < -0.4 is 0 Å². The smallest absolute Gasteiger partial charge is 0.261 e. The Balaban J connectivity index is 1.54. The van der Waals surface area contributed by atoms with Crippen molar-refractivity contribution in [3.05, 3.63) is 65.0 Å². The van der Waals surface area contributed by atoms with Crippen LogP contribution in [-0.2, 0) is 16.0 Å². The summed E-state index contributed by atoms with van der Waals surface area (Å²) in [5, 5.41) is 0. The van der Waals surface area contributed by atoms with Crippen LogP contribution in [0.15, 0.2) is 42.6 Å². The summed E-state index contributed by atoms with van der Waals surface area (Å²) in [5.74, 6) is -0.958. The number of amides is 3. The molecule has 1 aromatic carbocycles. The molecule has 162 valence electrons. The van der Waals surface area contributed by atoms with Gasteiger partial charge in [0.15, 0.2) is 0 Å². The summed E-state index contributed by atoms with van der Waals surface area (Å²) in [7, 11) is 1.58. The van der Waals surface area contributed by atoms with E-state index < -0.39 is 0 Å². The van der Waals surface area contributed by atoms with Crippen LogP contribution in [0.5, 0.6) is 0 Å². The highest BCUT2D eigenvalue weighted by Crippen LogP contribution is 2.26. The number of hydrogen-bond donors (Lipinski definition) is 0. The molecule has 8 nitrogen and oxygen atoms in total. The van der Waals surface area contributed by atoms with E-state index in [1.54, 1.807) is 30.3 Å². The highest BCUT2D eigenvalue weighted by atomic mass is 16.5. The molecule has 3 amide bonds. The van der Waals surface area contributed by atoms with Crippen molar-refractivity contribution in [3.63, 3.8) is 0 Å². The maximum Gasteiger partial charge on any atom is 0.261 e. The van der Waals surface area contributed by atoms with Crippen LogP contribution in [0.2, 0.25) is 0 Å². The van der Waals surface area contributed by atoms with Crippen LogP contribution in [0.1, 0.15) is 49.6 Å². The van der Waals surface area contributed by atoms with Gasteiger partial charge in [-0.2, -0.15) is 0 Å². The fourth-order valence-corrected chi connectivity index (χ4v) is 3.91. The summed E-state index contributed by atoms with van der Waals surface area (Å²) in [6, 6.07) is 10.2. The minimum atomic E-state index is -0.377. The molecule has 1 unspecified atom stereocenters. The standard InChI is InChI=1S/C23H25N3O5/c1-30-12-10-25(14-17-5-2-3-9-24-17)21(27)16-7-8-19-20(13-16)23(29)26(22(19)28)15-18-6-4-11-31-18/h2-3,5,7-9,13,18H,4,6,10-12,14-15H2,1H3. The van der Waals surface area contributed by atoms with E-state index in [2.05, 4.69) is 4.98 Å². The molecule has 1 fully saturated rings. The van der Waals surface area contributed by atoms with Crippen LogP contribution in [0.4, 0.5) is 0 Å². The number of carbonyl (C=O) groups is 3. The Morgan fingerprint density at radius 2 is 2.06 bits per heavy atom. The first-order chi connectivity index (χ1) is 15.1. The first kappa shape index (κ1) is 21.1. The first-order valence-corrected chi connectivity index (χ1v) is 10.4. The predicted octanol–water partition coefficient (Wildman–Crippen LogP) is 2.15. The maximum absolute atomic E-state index is 13.2. The zero-order valence-corrected chi connectivity index (χ0v) is 17.5. The number of imide groups is 1. The van der Waals surface area contributed by atoms with Gasteiger partial charge in [0.25, 0.3) is 17.7 Å². The first-order valence-electron chi connectivity index (χ1n) is 10.4. The van der Waals surface area contributed by atoms with Gasteiger partial charge in [-0.25, -0.2) is 0 Å². The number of fused-ring (bicyclic) bond motifs is 1. The normalized spacial score (nSPS) is 17.8. The van der Waals surface area contributed by atoms with Gasteiger partial charge in [-0.1, -0.05) is 6.07 Å². The Morgan fingerprint density at radius 3 is 2.77 bits per heavy atom. The molecule has 3 heterocycles. The molecule has 0 saturated carbocycles. The quantitative estimate of drug-likeness (QED) is 0.605. The molecule has 2 aromatic rings. The second-order valence-electron chi connectivity index (χ2n) is 7.66. The van der Waals surface area contributed by atoms with E-state index in [0.717, 1.165) is 18.5 Å². The van der Waals surface area contributed by atoms with Crippen molar-refractivity contribution in [2.24, 2.45) is 0 Å². The molecule has 0 N–H and O–H groups in total. The van der Waals surface area contributed by atoms with Crippen molar-refractivity contribution in [1.29, 1.82) is 0 Å². The van der Waals surface area contributed by atoms with Crippen molar-refractivity contribution in [2.75, 3.05) is 33.4 Å². The number of pyridine rings is 1. The van der Waals surface area contributed by atoms with E-state index in [0.29, 0.717) is 37.4 Å². The van der Waals surface area contributed by atoms with Gasteiger partial charge in [0.2, 0.25) is 0 Å². The lowest BCUT2D eigenvalue weighted by molar-refractivity contribution is 0.0475. The summed E-state index contributed by atoms with van der Waals surface area (Å²) in [6.45, 7) is 1.96. The highest BCUT2D eigenvalue weighted by molar-refractivity contribution is 6.22. The molecule has 0 radical (unpaired) electrons. The Kier molecular flexibility index (Phi) is 6.39. The lowest BCUT2D eigenvalue weighted by Gasteiger charge is -2.22. The third-order valence-electron chi connectivity index (χ3n) is 5.56. The topological polar surface area (TPSA) is 89.0 Å². The lowest BCUT2D eigenvalue weighted by Crippen LogP contribution is -2.36. The number of nitrogens with zero attached hydrogens (tertiary/aromatic N) is 3. The van der Waals surface area contributed by atoms with E-state index in [4.69, 9.17) is 9.47 Å². The third kappa shape index (κ3) is 4.50. The van der Waals surface area contributed by atoms with Crippen LogP contribution in [0.25, 0.3) is 0 Å². The minimum Gasteiger partial charge on any atom is -0.383 e. The minimum absolute atomic E-state index is 0.119. The van der Waals surface area contributed by atoms with Gasteiger partial charge in [-0.05, 0) is 43.2 Å². The predicted molar refractivity (Wildman–Crippen MR) is 112 cm³/mol. The number of methoxy groups -OCH3 is 1. The van der Waals surface area contributed by atoms with Crippen molar-refractivity contribution < 1.29 is 23.9 Å². The van der Waals surface area contributed by atoms with Crippen molar-refractivity contribution in [3.8, 4) is 0 Å². The largest absolute Gasteiger partial charge is 0.383 e. The molecule has 0 aliphatic carbocycles. The monoisotopic (exact) mass is 423 g/mol. The molecule has 4 rings (SSSR count).